The van der Waals surface area contributed by atoms with Crippen LogP contribution in [0.15, 0.2) is 60.7 Å². The van der Waals surface area contributed by atoms with E-state index in [1.165, 1.54) is 0 Å². The average molecular weight is 268 g/mol. The molecule has 1 unspecified atom stereocenters. The zero-order chi connectivity index (χ0) is 14.4. The Morgan fingerprint density at radius 1 is 1.05 bits per heavy atom. The first-order valence-corrected chi connectivity index (χ1v) is 6.76. The van der Waals surface area contributed by atoms with E-state index < -0.39 is 0 Å². The Hall–Kier alpha value is -2.13. The molecule has 0 bridgehead atoms. The van der Waals surface area contributed by atoms with Crippen LogP contribution in [0.2, 0.25) is 0 Å². The molecule has 2 aromatic carbocycles. The Balaban J connectivity index is 2.09. The van der Waals surface area contributed by atoms with Crippen LogP contribution in [-0.2, 0) is 11.3 Å². The average Bonchev–Trinajstić information content (AvgIpc) is 2.50. The van der Waals surface area contributed by atoms with Gasteiger partial charge in [-0.05, 0) is 11.1 Å². The molecule has 0 aliphatic heterocycles. The number of carbonyl (C=O) groups is 1. The zero-order valence-electron chi connectivity index (χ0n) is 11.7. The Morgan fingerprint density at radius 2 is 1.60 bits per heavy atom. The number of likely N-dealkylation sites (N-methyl/N-ethyl adjacent to an activating group) is 1. The monoisotopic (exact) mass is 268 g/mol. The molecule has 0 heterocycles. The van der Waals surface area contributed by atoms with E-state index in [9.17, 15) is 4.79 Å². The molecular weight excluding hydrogens is 248 g/mol. The van der Waals surface area contributed by atoms with Crippen molar-refractivity contribution in [3.05, 3.63) is 71.8 Å². The van der Waals surface area contributed by atoms with Gasteiger partial charge in [-0.3, -0.25) is 4.79 Å². The lowest BCUT2D eigenvalue weighted by atomic mass is 9.97. The fourth-order valence-electron chi connectivity index (χ4n) is 2.27. The van der Waals surface area contributed by atoms with Gasteiger partial charge in [0.1, 0.15) is 0 Å². The summed E-state index contributed by atoms with van der Waals surface area (Å²) in [6.45, 7) is 0.922. The van der Waals surface area contributed by atoms with Gasteiger partial charge in [0.15, 0.2) is 0 Å². The minimum Gasteiger partial charge on any atom is -0.341 e. The number of carbonyl (C=O) groups excluding carboxylic acids is 1. The number of rotatable bonds is 5. The van der Waals surface area contributed by atoms with Gasteiger partial charge in [-0.2, -0.15) is 0 Å². The topological polar surface area (TPSA) is 46.3 Å². The molecule has 0 fully saturated rings. The molecule has 0 saturated carbocycles. The van der Waals surface area contributed by atoms with Crippen LogP contribution >= 0.6 is 0 Å². The Kier molecular flexibility index (Phi) is 4.91. The second-order valence-corrected chi connectivity index (χ2v) is 4.88. The summed E-state index contributed by atoms with van der Waals surface area (Å²) < 4.78 is 0. The highest BCUT2D eigenvalue weighted by Crippen LogP contribution is 2.17. The van der Waals surface area contributed by atoms with E-state index in [4.69, 9.17) is 5.73 Å². The van der Waals surface area contributed by atoms with Crippen molar-refractivity contribution in [3.8, 4) is 0 Å². The predicted molar refractivity (Wildman–Crippen MR) is 81.2 cm³/mol. The molecule has 3 heteroatoms. The van der Waals surface area contributed by atoms with Gasteiger partial charge < -0.3 is 10.6 Å². The smallest absolute Gasteiger partial charge is 0.231 e. The third-order valence-electron chi connectivity index (χ3n) is 3.37. The fraction of sp³-hybridized carbons (Fsp3) is 0.235. The number of hydrogen-bond acceptors (Lipinski definition) is 2. The van der Waals surface area contributed by atoms with E-state index in [0.29, 0.717) is 13.1 Å². The van der Waals surface area contributed by atoms with Crippen LogP contribution in [0.25, 0.3) is 0 Å². The summed E-state index contributed by atoms with van der Waals surface area (Å²) in [5.41, 5.74) is 7.88. The normalized spacial score (nSPS) is 11.9. The Labute approximate surface area is 120 Å². The van der Waals surface area contributed by atoms with E-state index in [2.05, 4.69) is 0 Å². The lowest BCUT2D eigenvalue weighted by Crippen LogP contribution is -2.34. The minimum atomic E-state index is -0.273. The lowest BCUT2D eigenvalue weighted by molar-refractivity contribution is -0.131. The minimum absolute atomic E-state index is 0.0579. The number of hydrogen-bond donors (Lipinski definition) is 1. The van der Waals surface area contributed by atoms with Gasteiger partial charge in [-0.1, -0.05) is 60.7 Å². The molecule has 0 aromatic heterocycles. The van der Waals surface area contributed by atoms with Crippen molar-refractivity contribution in [3.63, 3.8) is 0 Å². The third-order valence-corrected chi connectivity index (χ3v) is 3.37. The van der Waals surface area contributed by atoms with Crippen LogP contribution < -0.4 is 5.73 Å². The van der Waals surface area contributed by atoms with Crippen molar-refractivity contribution in [2.24, 2.45) is 5.73 Å². The maximum absolute atomic E-state index is 12.5. The summed E-state index contributed by atoms with van der Waals surface area (Å²) in [6.07, 6.45) is 0. The van der Waals surface area contributed by atoms with Gasteiger partial charge in [0.05, 0.1) is 5.92 Å². The number of nitrogens with two attached hydrogens (primary N) is 1. The Morgan fingerprint density at radius 3 is 2.15 bits per heavy atom. The molecule has 104 valence electrons. The summed E-state index contributed by atoms with van der Waals surface area (Å²) in [6, 6.07) is 19.7. The molecular formula is C17H20N2O. The summed E-state index contributed by atoms with van der Waals surface area (Å²) in [7, 11) is 1.82. The van der Waals surface area contributed by atoms with Gasteiger partial charge in [0.25, 0.3) is 0 Å². The van der Waals surface area contributed by atoms with Crippen molar-refractivity contribution < 1.29 is 4.79 Å². The van der Waals surface area contributed by atoms with Crippen molar-refractivity contribution in [1.29, 1.82) is 0 Å². The number of amides is 1. The van der Waals surface area contributed by atoms with Crippen molar-refractivity contribution in [2.75, 3.05) is 13.6 Å². The summed E-state index contributed by atoms with van der Waals surface area (Å²) in [4.78, 5) is 14.3. The van der Waals surface area contributed by atoms with Gasteiger partial charge in [-0.25, -0.2) is 0 Å². The van der Waals surface area contributed by atoms with Crippen molar-refractivity contribution in [2.45, 2.75) is 12.5 Å². The first-order chi connectivity index (χ1) is 9.72. The highest BCUT2D eigenvalue weighted by molar-refractivity contribution is 5.83. The van der Waals surface area contributed by atoms with Crippen molar-refractivity contribution >= 4 is 5.91 Å². The molecule has 2 N–H and O–H groups in total. The molecule has 2 aromatic rings. The lowest BCUT2D eigenvalue weighted by Gasteiger charge is -2.23. The fourth-order valence-corrected chi connectivity index (χ4v) is 2.27. The van der Waals surface area contributed by atoms with Gasteiger partial charge in [0.2, 0.25) is 5.91 Å². The van der Waals surface area contributed by atoms with Gasteiger partial charge >= 0.3 is 0 Å². The maximum atomic E-state index is 12.5. The molecule has 0 aliphatic carbocycles. The number of benzene rings is 2. The molecule has 1 atom stereocenters. The van der Waals surface area contributed by atoms with E-state index >= 15 is 0 Å². The summed E-state index contributed by atoms with van der Waals surface area (Å²) >= 11 is 0. The molecule has 0 aliphatic rings. The molecule has 20 heavy (non-hydrogen) atoms. The quantitative estimate of drug-likeness (QED) is 0.905. The maximum Gasteiger partial charge on any atom is 0.231 e. The number of nitrogens with zero attached hydrogens (tertiary/aromatic N) is 1. The molecule has 3 nitrogen and oxygen atoms in total. The first kappa shape index (κ1) is 14.3. The van der Waals surface area contributed by atoms with Gasteiger partial charge in [-0.15, -0.1) is 0 Å². The second-order valence-electron chi connectivity index (χ2n) is 4.88. The first-order valence-electron chi connectivity index (χ1n) is 6.76. The van der Waals surface area contributed by atoms with E-state index in [1.807, 2.05) is 67.7 Å². The molecule has 0 spiro atoms. The van der Waals surface area contributed by atoms with Gasteiger partial charge in [0, 0.05) is 20.1 Å². The Bertz CT molecular complexity index is 539. The van der Waals surface area contributed by atoms with E-state index in [1.54, 1.807) is 4.90 Å². The standard InChI is InChI=1S/C17H20N2O/c1-19(13-14-8-4-2-5-9-14)17(20)16(12-18)15-10-6-3-7-11-15/h2-11,16H,12-13,18H2,1H3. The SMILES string of the molecule is CN(Cc1ccccc1)C(=O)C(CN)c1ccccc1. The van der Waals surface area contributed by atoms with Crippen LogP contribution in [-0.4, -0.2) is 24.4 Å². The van der Waals surface area contributed by atoms with E-state index in [0.717, 1.165) is 11.1 Å². The largest absolute Gasteiger partial charge is 0.341 e. The second kappa shape index (κ2) is 6.87. The van der Waals surface area contributed by atoms with Crippen LogP contribution in [0, 0.1) is 0 Å². The summed E-state index contributed by atoms with van der Waals surface area (Å²) in [5, 5.41) is 0. The zero-order valence-corrected chi connectivity index (χ0v) is 11.7. The predicted octanol–water partition coefficient (Wildman–Crippen LogP) is 2.39. The van der Waals surface area contributed by atoms with Crippen molar-refractivity contribution in [1.82, 2.24) is 4.90 Å². The van der Waals surface area contributed by atoms with E-state index in [-0.39, 0.29) is 11.8 Å². The molecule has 0 saturated heterocycles. The van der Waals surface area contributed by atoms with Crippen LogP contribution in [0.3, 0.4) is 0 Å². The van der Waals surface area contributed by atoms with Crippen LogP contribution in [0.4, 0.5) is 0 Å². The highest BCUT2D eigenvalue weighted by Gasteiger charge is 2.22. The third kappa shape index (κ3) is 3.45. The van der Waals surface area contributed by atoms with Crippen LogP contribution in [0.1, 0.15) is 17.0 Å². The molecule has 2 rings (SSSR count). The molecule has 1 amide bonds. The van der Waals surface area contributed by atoms with Crippen LogP contribution in [0.5, 0.6) is 0 Å². The molecule has 0 radical (unpaired) electrons. The highest BCUT2D eigenvalue weighted by atomic mass is 16.2. The summed E-state index contributed by atoms with van der Waals surface area (Å²) in [5.74, 6) is -0.215.